The van der Waals surface area contributed by atoms with E-state index in [9.17, 15) is 14.4 Å². The molecule has 2 aliphatic rings. The molecule has 0 aliphatic carbocycles. The minimum absolute atomic E-state index is 0.0802. The van der Waals surface area contributed by atoms with Gasteiger partial charge in [0, 0.05) is 21.9 Å². The van der Waals surface area contributed by atoms with Gasteiger partial charge in [-0.05, 0) is 31.4 Å². The van der Waals surface area contributed by atoms with Crippen LogP contribution in [-0.4, -0.2) is 44.4 Å². The Labute approximate surface area is 190 Å². The van der Waals surface area contributed by atoms with Gasteiger partial charge >= 0.3 is 0 Å². The smallest absolute Gasteiger partial charge is 0.256 e. The lowest BCUT2D eigenvalue weighted by molar-refractivity contribution is -0.131. The molecule has 164 valence electrons. The Kier molecular flexibility index (Phi) is 5.83. The Morgan fingerprint density at radius 2 is 2.03 bits per heavy atom. The molecule has 3 heterocycles. The van der Waals surface area contributed by atoms with Gasteiger partial charge in [-0.1, -0.05) is 38.5 Å². The van der Waals surface area contributed by atoms with E-state index in [-0.39, 0.29) is 29.0 Å². The monoisotopic (exact) mass is 458 g/mol. The minimum atomic E-state index is -0.721. The quantitative estimate of drug-likeness (QED) is 0.689. The van der Waals surface area contributed by atoms with Crippen molar-refractivity contribution in [2.45, 2.75) is 56.3 Å². The second kappa shape index (κ2) is 8.27. The molecule has 1 saturated heterocycles. The highest BCUT2D eigenvalue weighted by Gasteiger charge is 2.57. The van der Waals surface area contributed by atoms with Gasteiger partial charge in [0.1, 0.15) is 17.5 Å². The third kappa shape index (κ3) is 3.85. The molecule has 0 unspecified atom stereocenters. The number of carbonyl (C=O) groups excluding carboxylic acids is 3. The van der Waals surface area contributed by atoms with Gasteiger partial charge in [-0.3, -0.25) is 14.4 Å². The van der Waals surface area contributed by atoms with Gasteiger partial charge in [0.05, 0.1) is 0 Å². The third-order valence-electron chi connectivity index (χ3n) is 6.00. The standard InChI is InChI=1S/C22H26N4O3S2/c1-5-12(2)15(17(27)25-21-23-10-11-30-21)24-18(28)16-22(3,4)31-20-14-9-7-6-8-13(14)19(29)26(16)20/h6-12,15-16,20H,5H2,1-4H3,(H,24,28)(H,23,25,27)/t12-,15-,16-,20-/m0/s1. The summed E-state index contributed by atoms with van der Waals surface area (Å²) in [6, 6.07) is 6.11. The Bertz CT molecular complexity index is 1010. The fraction of sp³-hybridized carbons (Fsp3) is 0.455. The number of benzene rings is 1. The molecular formula is C22H26N4O3S2. The van der Waals surface area contributed by atoms with E-state index in [4.69, 9.17) is 0 Å². The molecule has 9 heteroatoms. The van der Waals surface area contributed by atoms with Crippen LogP contribution in [0, 0.1) is 5.92 Å². The second-order valence-corrected chi connectivity index (χ2v) is 11.1. The van der Waals surface area contributed by atoms with Crippen LogP contribution in [-0.2, 0) is 9.59 Å². The summed E-state index contributed by atoms with van der Waals surface area (Å²) in [5, 5.41) is 7.83. The number of hydrogen-bond donors (Lipinski definition) is 2. The lowest BCUT2D eigenvalue weighted by atomic mass is 9.95. The van der Waals surface area contributed by atoms with E-state index in [1.54, 1.807) is 28.2 Å². The average molecular weight is 459 g/mol. The Morgan fingerprint density at radius 1 is 1.29 bits per heavy atom. The van der Waals surface area contributed by atoms with E-state index >= 15 is 0 Å². The number of carbonyl (C=O) groups is 3. The van der Waals surface area contributed by atoms with E-state index in [2.05, 4.69) is 15.6 Å². The van der Waals surface area contributed by atoms with Crippen molar-refractivity contribution in [3.63, 3.8) is 0 Å². The van der Waals surface area contributed by atoms with Crippen molar-refractivity contribution >= 4 is 46.0 Å². The molecule has 1 fully saturated rings. The van der Waals surface area contributed by atoms with Gasteiger partial charge < -0.3 is 15.5 Å². The predicted molar refractivity (Wildman–Crippen MR) is 123 cm³/mol. The van der Waals surface area contributed by atoms with Crippen LogP contribution in [0.2, 0.25) is 0 Å². The zero-order valence-corrected chi connectivity index (χ0v) is 19.5. The predicted octanol–water partition coefficient (Wildman–Crippen LogP) is 3.66. The summed E-state index contributed by atoms with van der Waals surface area (Å²) in [4.78, 5) is 45.4. The summed E-state index contributed by atoms with van der Waals surface area (Å²) in [5.74, 6) is -0.816. The first-order chi connectivity index (χ1) is 14.7. The number of thiazole rings is 1. The number of hydrogen-bond acceptors (Lipinski definition) is 6. The van der Waals surface area contributed by atoms with Gasteiger partial charge in [0.25, 0.3) is 5.91 Å². The molecule has 4 rings (SSSR count). The summed E-state index contributed by atoms with van der Waals surface area (Å²) < 4.78 is -0.496. The fourth-order valence-corrected chi connectivity index (χ4v) is 6.33. The molecule has 4 atom stereocenters. The zero-order valence-electron chi connectivity index (χ0n) is 17.9. The molecule has 3 amide bonds. The molecule has 0 bridgehead atoms. The summed E-state index contributed by atoms with van der Waals surface area (Å²) in [6.45, 7) is 7.86. The molecule has 2 aromatic rings. The number of amides is 3. The first-order valence-corrected chi connectivity index (χ1v) is 12.1. The van der Waals surface area contributed by atoms with Crippen LogP contribution in [0.1, 0.15) is 55.4 Å². The van der Waals surface area contributed by atoms with Crippen molar-refractivity contribution in [1.29, 1.82) is 0 Å². The maximum atomic E-state index is 13.5. The zero-order chi connectivity index (χ0) is 22.3. The maximum Gasteiger partial charge on any atom is 0.256 e. The Morgan fingerprint density at radius 3 is 2.71 bits per heavy atom. The van der Waals surface area contributed by atoms with E-state index in [1.165, 1.54) is 11.3 Å². The summed E-state index contributed by atoms with van der Waals surface area (Å²) in [5.41, 5.74) is 1.59. The van der Waals surface area contributed by atoms with Gasteiger partial charge in [0.15, 0.2) is 5.13 Å². The number of fused-ring (bicyclic) bond motifs is 3. The lowest BCUT2D eigenvalue weighted by Crippen LogP contribution is -2.57. The number of nitrogens with zero attached hydrogens (tertiary/aromatic N) is 2. The molecule has 1 aromatic heterocycles. The Hall–Kier alpha value is -2.39. The molecule has 2 N–H and O–H groups in total. The van der Waals surface area contributed by atoms with Gasteiger partial charge in [-0.15, -0.1) is 23.1 Å². The molecule has 0 spiro atoms. The summed E-state index contributed by atoms with van der Waals surface area (Å²) in [7, 11) is 0. The van der Waals surface area contributed by atoms with Crippen LogP contribution in [0.4, 0.5) is 5.13 Å². The van der Waals surface area contributed by atoms with Gasteiger partial charge in [0.2, 0.25) is 11.8 Å². The Balaban J connectivity index is 1.58. The van der Waals surface area contributed by atoms with Crippen molar-refractivity contribution in [1.82, 2.24) is 15.2 Å². The first kappa shape index (κ1) is 21.8. The van der Waals surface area contributed by atoms with Gasteiger partial charge in [-0.25, -0.2) is 4.98 Å². The fourth-order valence-electron chi connectivity index (χ4n) is 4.21. The van der Waals surface area contributed by atoms with Crippen LogP contribution < -0.4 is 10.6 Å². The van der Waals surface area contributed by atoms with Crippen LogP contribution in [0.25, 0.3) is 0 Å². The van der Waals surface area contributed by atoms with Crippen LogP contribution in [0.15, 0.2) is 35.8 Å². The highest BCUT2D eigenvalue weighted by Crippen LogP contribution is 2.56. The second-order valence-electron chi connectivity index (χ2n) is 8.47. The van der Waals surface area contributed by atoms with E-state index in [0.29, 0.717) is 10.7 Å². The first-order valence-electron chi connectivity index (χ1n) is 10.3. The number of aromatic nitrogens is 1. The summed E-state index contributed by atoms with van der Waals surface area (Å²) in [6.07, 6.45) is 2.34. The molecule has 0 radical (unpaired) electrons. The molecular weight excluding hydrogens is 432 g/mol. The van der Waals surface area contributed by atoms with Crippen molar-refractivity contribution in [2.75, 3.05) is 5.32 Å². The van der Waals surface area contributed by atoms with E-state index in [0.717, 1.165) is 12.0 Å². The van der Waals surface area contributed by atoms with Crippen LogP contribution in [0.3, 0.4) is 0 Å². The van der Waals surface area contributed by atoms with Crippen molar-refractivity contribution in [3.05, 3.63) is 47.0 Å². The SMILES string of the molecule is CC[C@H](C)[C@H](NC(=O)[C@@H]1N2C(=O)c3ccccc3[C@@H]2SC1(C)C)C(=O)Nc1nccs1. The molecule has 31 heavy (non-hydrogen) atoms. The highest BCUT2D eigenvalue weighted by molar-refractivity contribution is 8.01. The highest BCUT2D eigenvalue weighted by atomic mass is 32.2. The molecule has 0 saturated carbocycles. The number of anilines is 1. The largest absolute Gasteiger partial charge is 0.342 e. The van der Waals surface area contributed by atoms with E-state index in [1.807, 2.05) is 52.0 Å². The number of nitrogens with one attached hydrogen (secondary N) is 2. The molecule has 2 aliphatic heterocycles. The number of rotatable bonds is 6. The van der Waals surface area contributed by atoms with Crippen molar-refractivity contribution < 1.29 is 14.4 Å². The lowest BCUT2D eigenvalue weighted by Gasteiger charge is -2.32. The summed E-state index contributed by atoms with van der Waals surface area (Å²) >= 11 is 2.94. The third-order valence-corrected chi connectivity index (χ3v) is 8.22. The number of thioether (sulfide) groups is 1. The topological polar surface area (TPSA) is 91.4 Å². The van der Waals surface area contributed by atoms with Crippen molar-refractivity contribution in [2.24, 2.45) is 5.92 Å². The van der Waals surface area contributed by atoms with Crippen LogP contribution >= 0.6 is 23.1 Å². The van der Waals surface area contributed by atoms with Crippen LogP contribution in [0.5, 0.6) is 0 Å². The van der Waals surface area contributed by atoms with E-state index < -0.39 is 16.8 Å². The normalized spacial score (nSPS) is 23.1. The molecule has 7 nitrogen and oxygen atoms in total. The minimum Gasteiger partial charge on any atom is -0.342 e. The molecule has 1 aromatic carbocycles. The van der Waals surface area contributed by atoms with Crippen molar-refractivity contribution in [3.8, 4) is 0 Å². The average Bonchev–Trinajstić information content (AvgIpc) is 3.41. The van der Waals surface area contributed by atoms with Gasteiger partial charge in [-0.2, -0.15) is 0 Å². The maximum absolute atomic E-state index is 13.5.